The minimum Gasteiger partial charge on any atom is -0.497 e. The van der Waals surface area contributed by atoms with Gasteiger partial charge < -0.3 is 25.0 Å². The predicted octanol–water partition coefficient (Wildman–Crippen LogP) is 3.47. The summed E-state index contributed by atoms with van der Waals surface area (Å²) in [6.07, 6.45) is 1.93. The van der Waals surface area contributed by atoms with Crippen molar-refractivity contribution in [2.45, 2.75) is 18.8 Å². The molecule has 2 N–H and O–H groups in total. The Morgan fingerprint density at radius 1 is 1.10 bits per heavy atom. The fourth-order valence-electron chi connectivity index (χ4n) is 3.63. The van der Waals surface area contributed by atoms with Crippen molar-refractivity contribution >= 4 is 17.6 Å². The molecule has 0 spiro atoms. The Balaban J connectivity index is 1.77. The number of urea groups is 1. The van der Waals surface area contributed by atoms with Crippen LogP contribution in [0.1, 0.15) is 34.7 Å². The summed E-state index contributed by atoms with van der Waals surface area (Å²) in [5.41, 5.74) is 2.17. The van der Waals surface area contributed by atoms with E-state index in [-0.39, 0.29) is 17.9 Å². The average molecular weight is 397 g/mol. The molecule has 154 valence electrons. The third-order valence-electron chi connectivity index (χ3n) is 5.20. The second-order valence-electron chi connectivity index (χ2n) is 6.99. The molecule has 0 aliphatic carbocycles. The molecule has 29 heavy (non-hydrogen) atoms. The number of hydrogen-bond donors (Lipinski definition) is 2. The summed E-state index contributed by atoms with van der Waals surface area (Å²) in [5, 5.41) is 5.58. The molecule has 1 fully saturated rings. The maximum absolute atomic E-state index is 12.9. The van der Waals surface area contributed by atoms with Crippen LogP contribution < -0.4 is 20.1 Å². The highest BCUT2D eigenvalue weighted by Gasteiger charge is 2.24. The van der Waals surface area contributed by atoms with E-state index in [1.54, 1.807) is 45.5 Å². The SMILES string of the molecule is CNC(=O)N1CCC[C@H](c2cccc(C(=O)Nc3cc(OC)ccc3OC)c2)C1. The third kappa shape index (κ3) is 4.80. The van der Waals surface area contributed by atoms with Crippen molar-refractivity contribution in [3.8, 4) is 11.5 Å². The molecule has 2 aromatic carbocycles. The van der Waals surface area contributed by atoms with Crippen LogP contribution >= 0.6 is 0 Å². The number of benzene rings is 2. The van der Waals surface area contributed by atoms with E-state index in [9.17, 15) is 9.59 Å². The number of nitrogens with zero attached hydrogens (tertiary/aromatic N) is 1. The molecule has 7 heteroatoms. The van der Waals surface area contributed by atoms with Gasteiger partial charge in [0.05, 0.1) is 19.9 Å². The lowest BCUT2D eigenvalue weighted by molar-refractivity contribution is 0.102. The highest BCUT2D eigenvalue weighted by molar-refractivity contribution is 6.05. The smallest absolute Gasteiger partial charge is 0.317 e. The van der Waals surface area contributed by atoms with Crippen LogP contribution in [-0.4, -0.2) is 51.2 Å². The van der Waals surface area contributed by atoms with Gasteiger partial charge in [0, 0.05) is 37.7 Å². The molecule has 1 aliphatic rings. The van der Waals surface area contributed by atoms with E-state index in [2.05, 4.69) is 10.6 Å². The van der Waals surface area contributed by atoms with Crippen molar-refractivity contribution in [2.75, 3.05) is 39.7 Å². The van der Waals surface area contributed by atoms with Crippen molar-refractivity contribution in [2.24, 2.45) is 0 Å². The summed E-state index contributed by atoms with van der Waals surface area (Å²) in [6.45, 7) is 1.40. The zero-order valence-electron chi connectivity index (χ0n) is 17.0. The number of likely N-dealkylation sites (tertiary alicyclic amines) is 1. The van der Waals surface area contributed by atoms with E-state index < -0.39 is 0 Å². The standard InChI is InChI=1S/C22H27N3O4/c1-23-22(27)25-11-5-8-17(14-25)15-6-4-7-16(12-15)21(26)24-19-13-18(28-2)9-10-20(19)29-3/h4,6-7,9-10,12-13,17H,5,8,11,14H2,1-3H3,(H,23,27)(H,24,26)/t17-/m0/s1. The fourth-order valence-corrected chi connectivity index (χ4v) is 3.63. The Morgan fingerprint density at radius 3 is 2.66 bits per heavy atom. The van der Waals surface area contributed by atoms with Gasteiger partial charge >= 0.3 is 6.03 Å². The van der Waals surface area contributed by atoms with Crippen molar-refractivity contribution in [3.63, 3.8) is 0 Å². The lowest BCUT2D eigenvalue weighted by atomic mass is 9.89. The van der Waals surface area contributed by atoms with Crippen molar-refractivity contribution in [1.29, 1.82) is 0 Å². The van der Waals surface area contributed by atoms with E-state index >= 15 is 0 Å². The van der Waals surface area contributed by atoms with Crippen LogP contribution in [0.4, 0.5) is 10.5 Å². The molecule has 0 aromatic heterocycles. The van der Waals surface area contributed by atoms with E-state index in [0.29, 0.717) is 29.3 Å². The zero-order chi connectivity index (χ0) is 20.8. The van der Waals surface area contributed by atoms with Gasteiger partial charge in [-0.05, 0) is 42.7 Å². The number of piperidine rings is 1. The summed E-state index contributed by atoms with van der Waals surface area (Å²) in [4.78, 5) is 26.6. The van der Waals surface area contributed by atoms with Crippen molar-refractivity contribution < 1.29 is 19.1 Å². The molecule has 1 saturated heterocycles. The highest BCUT2D eigenvalue weighted by atomic mass is 16.5. The second kappa shape index (κ2) is 9.32. The number of ether oxygens (including phenoxy) is 2. The lowest BCUT2D eigenvalue weighted by Gasteiger charge is -2.32. The van der Waals surface area contributed by atoms with Gasteiger partial charge in [0.1, 0.15) is 11.5 Å². The third-order valence-corrected chi connectivity index (χ3v) is 5.20. The summed E-state index contributed by atoms with van der Waals surface area (Å²) < 4.78 is 10.6. The summed E-state index contributed by atoms with van der Waals surface area (Å²) in [5.74, 6) is 1.17. The van der Waals surface area contributed by atoms with Crippen LogP contribution in [0.15, 0.2) is 42.5 Å². The monoisotopic (exact) mass is 397 g/mol. The number of hydrogen-bond acceptors (Lipinski definition) is 4. The maximum atomic E-state index is 12.9. The van der Waals surface area contributed by atoms with Gasteiger partial charge in [0.2, 0.25) is 0 Å². The van der Waals surface area contributed by atoms with Gasteiger partial charge in [-0.2, -0.15) is 0 Å². The Hall–Kier alpha value is -3.22. The quantitative estimate of drug-likeness (QED) is 0.810. The van der Waals surface area contributed by atoms with Crippen molar-refractivity contribution in [3.05, 3.63) is 53.6 Å². The first-order valence-electron chi connectivity index (χ1n) is 9.65. The minimum atomic E-state index is -0.225. The van der Waals surface area contributed by atoms with Crippen LogP contribution in [0, 0.1) is 0 Å². The maximum Gasteiger partial charge on any atom is 0.317 e. The molecule has 1 atom stereocenters. The second-order valence-corrected chi connectivity index (χ2v) is 6.99. The highest BCUT2D eigenvalue weighted by Crippen LogP contribution is 2.30. The molecule has 0 bridgehead atoms. The fraction of sp³-hybridized carbons (Fsp3) is 0.364. The number of nitrogens with one attached hydrogen (secondary N) is 2. The molecular weight excluding hydrogens is 370 g/mol. The number of rotatable bonds is 5. The van der Waals surface area contributed by atoms with Gasteiger partial charge in [-0.15, -0.1) is 0 Å². The van der Waals surface area contributed by atoms with Crippen molar-refractivity contribution in [1.82, 2.24) is 10.2 Å². The van der Waals surface area contributed by atoms with Crippen LogP contribution in [-0.2, 0) is 0 Å². The molecular formula is C22H27N3O4. The van der Waals surface area contributed by atoms with Gasteiger partial charge in [-0.1, -0.05) is 12.1 Å². The predicted molar refractivity (Wildman–Crippen MR) is 112 cm³/mol. The number of anilines is 1. The molecule has 3 amide bonds. The average Bonchev–Trinajstić information content (AvgIpc) is 2.78. The normalized spacial score (nSPS) is 16.1. The first-order valence-corrected chi connectivity index (χ1v) is 9.65. The van der Waals surface area contributed by atoms with Gasteiger partial charge in [-0.25, -0.2) is 4.79 Å². The molecule has 3 rings (SSSR count). The van der Waals surface area contributed by atoms with E-state index in [1.807, 2.05) is 23.1 Å². The summed E-state index contributed by atoms with van der Waals surface area (Å²) in [7, 11) is 4.77. The molecule has 1 heterocycles. The Kier molecular flexibility index (Phi) is 6.59. The molecule has 7 nitrogen and oxygen atoms in total. The van der Waals surface area contributed by atoms with Crippen LogP contribution in [0.2, 0.25) is 0 Å². The summed E-state index contributed by atoms with van der Waals surface area (Å²) >= 11 is 0. The molecule has 0 saturated carbocycles. The number of amides is 3. The lowest BCUT2D eigenvalue weighted by Crippen LogP contribution is -2.43. The minimum absolute atomic E-state index is 0.0614. The molecule has 0 unspecified atom stereocenters. The largest absolute Gasteiger partial charge is 0.497 e. The van der Waals surface area contributed by atoms with Gasteiger partial charge in [0.25, 0.3) is 5.91 Å². The molecule has 1 aliphatic heterocycles. The Bertz CT molecular complexity index is 884. The molecule has 0 radical (unpaired) electrons. The van der Waals surface area contributed by atoms with E-state index in [4.69, 9.17) is 9.47 Å². The van der Waals surface area contributed by atoms with Crippen LogP contribution in [0.25, 0.3) is 0 Å². The van der Waals surface area contributed by atoms with Crippen LogP contribution in [0.3, 0.4) is 0 Å². The Labute approximate surface area is 171 Å². The first kappa shape index (κ1) is 20.5. The molecule has 2 aromatic rings. The van der Waals surface area contributed by atoms with E-state index in [0.717, 1.165) is 24.9 Å². The topological polar surface area (TPSA) is 79.9 Å². The Morgan fingerprint density at radius 2 is 1.93 bits per heavy atom. The number of carbonyl (C=O) groups is 2. The number of carbonyl (C=O) groups excluding carboxylic acids is 2. The first-order chi connectivity index (χ1) is 14.0. The zero-order valence-corrected chi connectivity index (χ0v) is 17.0. The van der Waals surface area contributed by atoms with Gasteiger partial charge in [-0.3, -0.25) is 4.79 Å². The van der Waals surface area contributed by atoms with E-state index in [1.165, 1.54) is 0 Å². The summed E-state index contributed by atoms with van der Waals surface area (Å²) in [6, 6.07) is 12.8. The number of methoxy groups -OCH3 is 2. The van der Waals surface area contributed by atoms with Gasteiger partial charge in [0.15, 0.2) is 0 Å². The van der Waals surface area contributed by atoms with Crippen LogP contribution in [0.5, 0.6) is 11.5 Å².